The molecule has 0 aliphatic heterocycles. The van der Waals surface area contributed by atoms with Crippen LogP contribution in [0.5, 0.6) is 0 Å². The molecule has 3 aromatic rings. The summed E-state index contributed by atoms with van der Waals surface area (Å²) in [7, 11) is 1.55. The van der Waals surface area contributed by atoms with Crippen molar-refractivity contribution in [1.29, 1.82) is 0 Å². The Morgan fingerprint density at radius 3 is 2.31 bits per heavy atom. The quantitative estimate of drug-likeness (QED) is 0.699. The van der Waals surface area contributed by atoms with E-state index in [4.69, 9.17) is 0 Å². The van der Waals surface area contributed by atoms with E-state index in [2.05, 4.69) is 10.6 Å². The third-order valence-electron chi connectivity index (χ3n) is 4.30. The van der Waals surface area contributed by atoms with Crippen LogP contribution in [0.15, 0.2) is 53.3 Å². The minimum absolute atomic E-state index is 0.00647. The molecule has 0 spiro atoms. The van der Waals surface area contributed by atoms with Gasteiger partial charge in [0.1, 0.15) is 0 Å². The lowest BCUT2D eigenvalue weighted by molar-refractivity contribution is -0.137. The Morgan fingerprint density at radius 1 is 0.966 bits per heavy atom. The molecule has 29 heavy (non-hydrogen) atoms. The first-order valence-electron chi connectivity index (χ1n) is 8.47. The van der Waals surface area contributed by atoms with Crippen LogP contribution in [-0.2, 0) is 18.0 Å². The predicted octanol–water partition coefficient (Wildman–Crippen LogP) is 3.77. The molecule has 1 heterocycles. The molecule has 0 bridgehead atoms. The van der Waals surface area contributed by atoms with Gasteiger partial charge in [-0.1, -0.05) is 18.2 Å². The van der Waals surface area contributed by atoms with Gasteiger partial charge in [-0.15, -0.1) is 0 Å². The smallest absolute Gasteiger partial charge is 0.325 e. The SMILES string of the molecule is CC(=O)Nc1ccc(C(F)(F)F)cc1NC(=O)c1cc(=O)n(C)c2ccccc12. The number of alkyl halides is 3. The maximum absolute atomic E-state index is 13.1. The van der Waals surface area contributed by atoms with Crippen molar-refractivity contribution in [1.82, 2.24) is 4.57 Å². The predicted molar refractivity (Wildman–Crippen MR) is 103 cm³/mol. The van der Waals surface area contributed by atoms with Gasteiger partial charge in [-0.05, 0) is 24.3 Å². The fourth-order valence-electron chi connectivity index (χ4n) is 2.91. The van der Waals surface area contributed by atoms with Gasteiger partial charge in [0.15, 0.2) is 0 Å². The molecule has 9 heteroatoms. The Balaban J connectivity index is 2.09. The summed E-state index contributed by atoms with van der Waals surface area (Å²) < 4.78 is 40.6. The lowest BCUT2D eigenvalue weighted by Crippen LogP contribution is -2.22. The van der Waals surface area contributed by atoms with Gasteiger partial charge in [-0.2, -0.15) is 13.2 Å². The highest BCUT2D eigenvalue weighted by Gasteiger charge is 2.31. The Bertz CT molecular complexity index is 1180. The van der Waals surface area contributed by atoms with E-state index in [0.717, 1.165) is 24.3 Å². The van der Waals surface area contributed by atoms with Crippen molar-refractivity contribution < 1.29 is 22.8 Å². The van der Waals surface area contributed by atoms with Crippen LogP contribution in [0.1, 0.15) is 22.8 Å². The Morgan fingerprint density at radius 2 is 1.66 bits per heavy atom. The highest BCUT2D eigenvalue weighted by Crippen LogP contribution is 2.34. The number of amides is 2. The number of fused-ring (bicyclic) bond motifs is 1. The average Bonchev–Trinajstić information content (AvgIpc) is 2.64. The number of para-hydroxylation sites is 1. The maximum atomic E-state index is 13.1. The third kappa shape index (κ3) is 4.13. The molecular formula is C20H16F3N3O3. The van der Waals surface area contributed by atoms with Crippen LogP contribution >= 0.6 is 0 Å². The van der Waals surface area contributed by atoms with Gasteiger partial charge in [-0.25, -0.2) is 0 Å². The number of nitrogens with one attached hydrogen (secondary N) is 2. The first-order chi connectivity index (χ1) is 13.6. The molecular weight excluding hydrogens is 387 g/mol. The summed E-state index contributed by atoms with van der Waals surface area (Å²) in [5.74, 6) is -1.29. The molecule has 0 saturated carbocycles. The molecule has 2 aromatic carbocycles. The summed E-state index contributed by atoms with van der Waals surface area (Å²) in [5.41, 5.74) is -1.15. The monoisotopic (exact) mass is 403 g/mol. The van der Waals surface area contributed by atoms with Gasteiger partial charge in [0.05, 0.1) is 28.0 Å². The largest absolute Gasteiger partial charge is 0.416 e. The van der Waals surface area contributed by atoms with E-state index < -0.39 is 29.1 Å². The Kier molecular flexibility index (Phi) is 5.15. The van der Waals surface area contributed by atoms with Gasteiger partial charge in [-0.3, -0.25) is 14.4 Å². The van der Waals surface area contributed by atoms with Gasteiger partial charge >= 0.3 is 6.18 Å². The minimum Gasteiger partial charge on any atom is -0.325 e. The molecule has 1 aromatic heterocycles. The van der Waals surface area contributed by atoms with Crippen molar-refractivity contribution in [3.63, 3.8) is 0 Å². The van der Waals surface area contributed by atoms with Crippen molar-refractivity contribution in [2.24, 2.45) is 7.05 Å². The van der Waals surface area contributed by atoms with Crippen LogP contribution in [-0.4, -0.2) is 16.4 Å². The fraction of sp³-hybridized carbons (Fsp3) is 0.150. The number of halogens is 3. The molecule has 0 unspecified atom stereocenters. The maximum Gasteiger partial charge on any atom is 0.416 e. The second-order valence-electron chi connectivity index (χ2n) is 6.37. The molecule has 0 atom stereocenters. The molecule has 150 valence electrons. The van der Waals surface area contributed by atoms with Crippen molar-refractivity contribution in [3.8, 4) is 0 Å². The minimum atomic E-state index is -4.64. The number of pyridine rings is 1. The molecule has 0 radical (unpaired) electrons. The summed E-state index contributed by atoms with van der Waals surface area (Å²) in [6.45, 7) is 1.19. The van der Waals surface area contributed by atoms with Crippen LogP contribution < -0.4 is 16.2 Å². The summed E-state index contributed by atoms with van der Waals surface area (Å²) in [4.78, 5) is 36.4. The fourth-order valence-corrected chi connectivity index (χ4v) is 2.91. The van der Waals surface area contributed by atoms with E-state index in [1.807, 2.05) is 0 Å². The normalized spacial score (nSPS) is 11.3. The van der Waals surface area contributed by atoms with E-state index in [-0.39, 0.29) is 16.9 Å². The van der Waals surface area contributed by atoms with E-state index in [9.17, 15) is 27.6 Å². The van der Waals surface area contributed by atoms with Crippen molar-refractivity contribution in [3.05, 3.63) is 70.0 Å². The average molecular weight is 403 g/mol. The van der Waals surface area contributed by atoms with E-state index in [0.29, 0.717) is 10.9 Å². The number of aryl methyl sites for hydroxylation is 1. The second-order valence-corrected chi connectivity index (χ2v) is 6.37. The molecule has 2 N–H and O–H groups in total. The van der Waals surface area contributed by atoms with E-state index >= 15 is 0 Å². The van der Waals surface area contributed by atoms with Gasteiger partial charge in [0.25, 0.3) is 11.5 Å². The number of nitrogens with zero attached hydrogens (tertiary/aromatic N) is 1. The van der Waals surface area contributed by atoms with Crippen LogP contribution in [0.2, 0.25) is 0 Å². The topological polar surface area (TPSA) is 80.2 Å². The number of carbonyl (C=O) groups excluding carboxylic acids is 2. The summed E-state index contributed by atoms with van der Waals surface area (Å²) >= 11 is 0. The summed E-state index contributed by atoms with van der Waals surface area (Å²) in [6, 6.07) is 10.4. The molecule has 0 fully saturated rings. The number of carbonyl (C=O) groups is 2. The molecule has 0 aliphatic carbocycles. The summed E-state index contributed by atoms with van der Waals surface area (Å²) in [6.07, 6.45) is -4.64. The summed E-state index contributed by atoms with van der Waals surface area (Å²) in [5, 5.41) is 5.22. The van der Waals surface area contributed by atoms with Crippen LogP contribution in [0.4, 0.5) is 24.5 Å². The second kappa shape index (κ2) is 7.42. The van der Waals surface area contributed by atoms with E-state index in [1.165, 1.54) is 11.5 Å². The molecule has 2 amide bonds. The zero-order chi connectivity index (χ0) is 21.3. The first kappa shape index (κ1) is 20.1. The number of anilines is 2. The number of aromatic nitrogens is 1. The molecule has 0 saturated heterocycles. The van der Waals surface area contributed by atoms with E-state index in [1.54, 1.807) is 31.3 Å². The van der Waals surface area contributed by atoms with Crippen molar-refractivity contribution >= 4 is 34.1 Å². The first-order valence-corrected chi connectivity index (χ1v) is 8.47. The van der Waals surface area contributed by atoms with Crippen LogP contribution in [0, 0.1) is 0 Å². The molecule has 3 rings (SSSR count). The van der Waals surface area contributed by atoms with Gasteiger partial charge in [0.2, 0.25) is 5.91 Å². The lowest BCUT2D eigenvalue weighted by Gasteiger charge is -2.16. The van der Waals surface area contributed by atoms with Crippen molar-refractivity contribution in [2.75, 3.05) is 10.6 Å². The van der Waals surface area contributed by atoms with Crippen molar-refractivity contribution in [2.45, 2.75) is 13.1 Å². The highest BCUT2D eigenvalue weighted by atomic mass is 19.4. The third-order valence-corrected chi connectivity index (χ3v) is 4.30. The zero-order valence-corrected chi connectivity index (χ0v) is 15.4. The zero-order valence-electron chi connectivity index (χ0n) is 15.4. The van der Waals surface area contributed by atoms with Gasteiger partial charge in [0, 0.05) is 25.4 Å². The highest BCUT2D eigenvalue weighted by molar-refractivity contribution is 6.13. The number of benzene rings is 2. The van der Waals surface area contributed by atoms with Crippen LogP contribution in [0.3, 0.4) is 0 Å². The lowest BCUT2D eigenvalue weighted by atomic mass is 10.1. The standard InChI is InChI=1S/C20H16F3N3O3/c1-11(27)24-15-8-7-12(20(21,22)23)9-16(15)25-19(29)14-10-18(28)26(2)17-6-4-3-5-13(14)17/h3-10H,1-2H3,(H,24,27)(H,25,29). The molecule has 6 nitrogen and oxygen atoms in total. The Labute approximate surface area is 163 Å². The number of hydrogen-bond donors (Lipinski definition) is 2. The number of rotatable bonds is 3. The Hall–Kier alpha value is -3.62. The number of hydrogen-bond acceptors (Lipinski definition) is 3. The van der Waals surface area contributed by atoms with Crippen LogP contribution in [0.25, 0.3) is 10.9 Å². The van der Waals surface area contributed by atoms with Gasteiger partial charge < -0.3 is 15.2 Å². The molecule has 0 aliphatic rings.